The van der Waals surface area contributed by atoms with Crippen molar-refractivity contribution in [3.8, 4) is 23.0 Å². The summed E-state index contributed by atoms with van der Waals surface area (Å²) in [5.41, 5.74) is 4.01. The Labute approximate surface area is 245 Å². The SMILES string of the molecule is O=C1CCC(c2ccc(O)cc2)(c2ccc(O)cc2)CC1.O=C1CCC(c2ccc(O)cc2)(c2ccc(O)cc2)CC1. The molecule has 2 aliphatic carbocycles. The first-order valence-electron chi connectivity index (χ1n) is 14.4. The predicted octanol–water partition coefficient (Wildman–Crippen LogP) is 7.05. The Morgan fingerprint density at radius 3 is 0.738 bits per heavy atom. The summed E-state index contributed by atoms with van der Waals surface area (Å²) in [5.74, 6) is 1.59. The number of phenolic OH excluding ortho intramolecular Hbond substituents is 4. The van der Waals surface area contributed by atoms with Crippen LogP contribution in [0.5, 0.6) is 23.0 Å². The highest BCUT2D eigenvalue weighted by Gasteiger charge is 2.39. The van der Waals surface area contributed by atoms with Crippen LogP contribution in [-0.4, -0.2) is 32.0 Å². The van der Waals surface area contributed by atoms with Gasteiger partial charge in [-0.2, -0.15) is 0 Å². The normalized spacial score (nSPS) is 17.6. The second-order valence-electron chi connectivity index (χ2n) is 11.4. The molecule has 42 heavy (non-hydrogen) atoms. The number of hydrogen-bond acceptors (Lipinski definition) is 6. The van der Waals surface area contributed by atoms with E-state index in [1.54, 1.807) is 48.5 Å². The molecule has 4 N–H and O–H groups in total. The fraction of sp³-hybridized carbons (Fsp3) is 0.278. The highest BCUT2D eigenvalue weighted by molar-refractivity contribution is 5.80. The molecule has 6 nitrogen and oxygen atoms in total. The number of carbonyl (C=O) groups is 2. The number of Topliss-reactive ketones (excluding diaryl/α,β-unsaturated/α-hetero) is 2. The van der Waals surface area contributed by atoms with Gasteiger partial charge in [0, 0.05) is 36.5 Å². The molecule has 4 aromatic rings. The molecular weight excluding hydrogens is 528 g/mol. The Hall–Kier alpha value is -4.58. The van der Waals surface area contributed by atoms with Crippen LogP contribution in [-0.2, 0) is 20.4 Å². The van der Waals surface area contributed by atoms with Crippen LogP contribution >= 0.6 is 0 Å². The fourth-order valence-corrected chi connectivity index (χ4v) is 6.52. The molecule has 216 valence electrons. The number of benzene rings is 4. The van der Waals surface area contributed by atoms with Crippen LogP contribution in [0.4, 0.5) is 0 Å². The van der Waals surface area contributed by atoms with Gasteiger partial charge in [0.25, 0.3) is 0 Å². The Morgan fingerprint density at radius 1 is 0.357 bits per heavy atom. The molecule has 0 spiro atoms. The molecule has 0 unspecified atom stereocenters. The highest BCUT2D eigenvalue weighted by Crippen LogP contribution is 2.46. The molecule has 0 atom stereocenters. The molecule has 0 aromatic heterocycles. The minimum atomic E-state index is -0.213. The standard InChI is InChI=1S/2C18H18O3/c2*19-15-5-1-13(2-6-15)18(11-9-17(21)10-12-18)14-3-7-16(20)8-4-14/h2*1-8,19-20H,9-12H2. The van der Waals surface area contributed by atoms with E-state index in [0.717, 1.165) is 47.9 Å². The molecule has 0 aliphatic heterocycles. The second-order valence-corrected chi connectivity index (χ2v) is 11.4. The van der Waals surface area contributed by atoms with E-state index in [-0.39, 0.29) is 33.8 Å². The maximum Gasteiger partial charge on any atom is 0.133 e. The maximum absolute atomic E-state index is 11.6. The molecular formula is C36H36O6. The Morgan fingerprint density at radius 2 is 0.548 bits per heavy atom. The van der Waals surface area contributed by atoms with Crippen molar-refractivity contribution in [3.63, 3.8) is 0 Å². The van der Waals surface area contributed by atoms with Crippen LogP contribution < -0.4 is 0 Å². The molecule has 2 aliphatic rings. The van der Waals surface area contributed by atoms with Crippen LogP contribution in [0.3, 0.4) is 0 Å². The van der Waals surface area contributed by atoms with Gasteiger partial charge in [0.1, 0.15) is 34.6 Å². The molecule has 4 aromatic carbocycles. The van der Waals surface area contributed by atoms with Gasteiger partial charge in [0.2, 0.25) is 0 Å². The Bertz CT molecular complexity index is 1290. The van der Waals surface area contributed by atoms with Gasteiger partial charge < -0.3 is 20.4 Å². The van der Waals surface area contributed by atoms with Crippen molar-refractivity contribution >= 4 is 11.6 Å². The van der Waals surface area contributed by atoms with Gasteiger partial charge in [-0.3, -0.25) is 9.59 Å². The van der Waals surface area contributed by atoms with Crippen molar-refractivity contribution in [2.75, 3.05) is 0 Å². The molecule has 0 amide bonds. The van der Waals surface area contributed by atoms with Crippen molar-refractivity contribution in [2.45, 2.75) is 62.2 Å². The molecule has 0 saturated heterocycles. The van der Waals surface area contributed by atoms with Crippen LogP contribution in [0.25, 0.3) is 0 Å². The first-order chi connectivity index (χ1) is 20.2. The maximum atomic E-state index is 11.6. The molecule has 0 heterocycles. The Kier molecular flexibility index (Phi) is 8.34. The van der Waals surface area contributed by atoms with Crippen molar-refractivity contribution in [1.29, 1.82) is 0 Å². The molecule has 2 fully saturated rings. The number of ketones is 2. The topological polar surface area (TPSA) is 115 Å². The second kappa shape index (κ2) is 12.1. The lowest BCUT2D eigenvalue weighted by atomic mass is 9.65. The molecule has 6 rings (SSSR count). The molecule has 0 bridgehead atoms. The average molecular weight is 565 g/mol. The van der Waals surface area contributed by atoms with E-state index >= 15 is 0 Å². The molecule has 0 radical (unpaired) electrons. The zero-order valence-electron chi connectivity index (χ0n) is 23.5. The van der Waals surface area contributed by atoms with E-state index in [9.17, 15) is 30.0 Å². The summed E-state index contributed by atoms with van der Waals surface area (Å²) in [5, 5.41) is 38.0. The van der Waals surface area contributed by atoms with Crippen molar-refractivity contribution < 1.29 is 30.0 Å². The van der Waals surface area contributed by atoms with E-state index in [4.69, 9.17) is 0 Å². The van der Waals surface area contributed by atoms with Gasteiger partial charge in [0.05, 0.1) is 0 Å². The summed E-state index contributed by atoms with van der Waals surface area (Å²) >= 11 is 0. The lowest BCUT2D eigenvalue weighted by Crippen LogP contribution is -2.33. The summed E-state index contributed by atoms with van der Waals surface area (Å²) in [6, 6.07) is 28.9. The van der Waals surface area contributed by atoms with E-state index in [2.05, 4.69) is 0 Å². The monoisotopic (exact) mass is 564 g/mol. The van der Waals surface area contributed by atoms with Gasteiger partial charge in [-0.1, -0.05) is 48.5 Å². The van der Waals surface area contributed by atoms with Crippen LogP contribution in [0, 0.1) is 0 Å². The van der Waals surface area contributed by atoms with E-state index in [0.29, 0.717) is 37.2 Å². The van der Waals surface area contributed by atoms with E-state index in [1.807, 2.05) is 48.5 Å². The third kappa shape index (κ3) is 6.03. The zero-order valence-corrected chi connectivity index (χ0v) is 23.5. The van der Waals surface area contributed by atoms with Crippen molar-refractivity contribution in [2.24, 2.45) is 0 Å². The third-order valence-corrected chi connectivity index (χ3v) is 9.00. The highest BCUT2D eigenvalue weighted by atomic mass is 16.3. The van der Waals surface area contributed by atoms with E-state index < -0.39 is 0 Å². The van der Waals surface area contributed by atoms with Crippen LogP contribution in [0.2, 0.25) is 0 Å². The molecule has 6 heteroatoms. The summed E-state index contributed by atoms with van der Waals surface area (Å²) in [4.78, 5) is 23.3. The van der Waals surface area contributed by atoms with Crippen molar-refractivity contribution in [1.82, 2.24) is 0 Å². The minimum Gasteiger partial charge on any atom is -0.508 e. The van der Waals surface area contributed by atoms with Crippen molar-refractivity contribution in [3.05, 3.63) is 119 Å². The molecule has 2 saturated carbocycles. The number of aromatic hydroxyl groups is 4. The summed E-state index contributed by atoms with van der Waals surface area (Å²) in [7, 11) is 0. The lowest BCUT2D eigenvalue weighted by Gasteiger charge is -2.38. The van der Waals surface area contributed by atoms with Gasteiger partial charge in [-0.05, 0) is 96.5 Å². The minimum absolute atomic E-state index is 0.213. The lowest BCUT2D eigenvalue weighted by molar-refractivity contribution is -0.121. The first kappa shape index (κ1) is 28.9. The quantitative estimate of drug-likeness (QED) is 0.211. The first-order valence-corrected chi connectivity index (χ1v) is 14.4. The summed E-state index contributed by atoms with van der Waals surface area (Å²) < 4.78 is 0. The average Bonchev–Trinajstić information content (AvgIpc) is 3.00. The van der Waals surface area contributed by atoms with Crippen LogP contribution in [0.15, 0.2) is 97.1 Å². The number of rotatable bonds is 4. The third-order valence-electron chi connectivity index (χ3n) is 9.00. The van der Waals surface area contributed by atoms with Gasteiger partial charge in [-0.15, -0.1) is 0 Å². The number of hydrogen-bond donors (Lipinski definition) is 4. The zero-order chi connectivity index (χ0) is 29.7. The largest absolute Gasteiger partial charge is 0.508 e. The Balaban J connectivity index is 0.000000168. The number of carbonyl (C=O) groups excluding carboxylic acids is 2. The van der Waals surface area contributed by atoms with Gasteiger partial charge in [0.15, 0.2) is 0 Å². The van der Waals surface area contributed by atoms with Crippen LogP contribution in [0.1, 0.15) is 73.6 Å². The summed E-state index contributed by atoms with van der Waals surface area (Å²) in [6.45, 7) is 0. The summed E-state index contributed by atoms with van der Waals surface area (Å²) in [6.07, 6.45) is 5.35. The van der Waals surface area contributed by atoms with E-state index in [1.165, 1.54) is 0 Å². The van der Waals surface area contributed by atoms with Gasteiger partial charge in [-0.25, -0.2) is 0 Å². The number of phenols is 4. The smallest absolute Gasteiger partial charge is 0.133 e. The predicted molar refractivity (Wildman–Crippen MR) is 161 cm³/mol. The fourth-order valence-electron chi connectivity index (χ4n) is 6.52. The van der Waals surface area contributed by atoms with Gasteiger partial charge >= 0.3 is 0 Å².